The number of halogens is 1. The summed E-state index contributed by atoms with van der Waals surface area (Å²) >= 11 is 0. The highest BCUT2D eigenvalue weighted by Gasteiger charge is 2.13. The number of aliphatic imine (C=N–C) groups is 1. The monoisotopic (exact) mass is 513 g/mol. The van der Waals surface area contributed by atoms with Crippen LogP contribution >= 0.6 is 24.0 Å². The number of para-hydroxylation sites is 3. The van der Waals surface area contributed by atoms with Crippen molar-refractivity contribution < 1.29 is 14.2 Å². The van der Waals surface area contributed by atoms with Gasteiger partial charge in [0.25, 0.3) is 0 Å². The Labute approximate surface area is 191 Å². The zero-order valence-corrected chi connectivity index (χ0v) is 20.1. The summed E-state index contributed by atoms with van der Waals surface area (Å²) in [6.45, 7) is 5.51. The van der Waals surface area contributed by atoms with E-state index in [2.05, 4.69) is 28.6 Å². The number of nitrogens with one attached hydrogen (secondary N) is 2. The summed E-state index contributed by atoms with van der Waals surface area (Å²) in [5.74, 6) is 3.36. The Kier molecular flexibility index (Phi) is 11.3. The molecule has 7 heteroatoms. The smallest absolute Gasteiger partial charge is 0.191 e. The number of benzene rings is 2. The molecule has 0 aliphatic carbocycles. The van der Waals surface area contributed by atoms with Crippen LogP contribution in [0.5, 0.6) is 17.2 Å². The van der Waals surface area contributed by atoms with E-state index in [1.165, 1.54) is 5.56 Å². The Morgan fingerprint density at radius 3 is 2.03 bits per heavy atom. The van der Waals surface area contributed by atoms with Crippen LogP contribution in [0.1, 0.15) is 25.3 Å². The third-order valence-electron chi connectivity index (χ3n) is 4.42. The van der Waals surface area contributed by atoms with E-state index in [0.29, 0.717) is 6.54 Å². The van der Waals surface area contributed by atoms with Crippen molar-refractivity contribution in [1.82, 2.24) is 10.6 Å². The van der Waals surface area contributed by atoms with E-state index in [1.807, 2.05) is 49.4 Å². The average molecular weight is 513 g/mol. The van der Waals surface area contributed by atoms with Gasteiger partial charge in [-0.2, -0.15) is 0 Å². The molecule has 0 fully saturated rings. The predicted octanol–water partition coefficient (Wildman–Crippen LogP) is 4.06. The molecule has 2 atom stereocenters. The van der Waals surface area contributed by atoms with Gasteiger partial charge in [-0.1, -0.05) is 37.3 Å². The van der Waals surface area contributed by atoms with Crippen LogP contribution in [0, 0.1) is 0 Å². The molecule has 2 unspecified atom stereocenters. The molecule has 29 heavy (non-hydrogen) atoms. The molecular weight excluding hydrogens is 481 g/mol. The van der Waals surface area contributed by atoms with Crippen molar-refractivity contribution in [2.24, 2.45) is 4.99 Å². The van der Waals surface area contributed by atoms with Gasteiger partial charge in [0.1, 0.15) is 11.9 Å². The van der Waals surface area contributed by atoms with Crippen LogP contribution in [-0.2, 0) is 0 Å². The average Bonchev–Trinajstić information content (AvgIpc) is 2.74. The highest BCUT2D eigenvalue weighted by Crippen LogP contribution is 2.27. The summed E-state index contributed by atoms with van der Waals surface area (Å²) in [5.41, 5.74) is 1.17. The topological polar surface area (TPSA) is 64.1 Å². The molecule has 0 saturated carbocycles. The number of hydrogen-bond acceptors (Lipinski definition) is 4. The lowest BCUT2D eigenvalue weighted by Crippen LogP contribution is -2.42. The fourth-order valence-corrected chi connectivity index (χ4v) is 2.87. The lowest BCUT2D eigenvalue weighted by Gasteiger charge is -2.20. The van der Waals surface area contributed by atoms with Crippen molar-refractivity contribution >= 4 is 29.9 Å². The SMILES string of the molecule is CN=C(NCC(C)Oc1ccccc1OC)NCC(C)c1ccccc1OC.I. The quantitative estimate of drug-likeness (QED) is 0.301. The third-order valence-corrected chi connectivity index (χ3v) is 4.42. The molecule has 2 N–H and O–H groups in total. The Hall–Kier alpha value is -2.16. The van der Waals surface area contributed by atoms with Crippen LogP contribution in [0.4, 0.5) is 0 Å². The number of guanidine groups is 1. The largest absolute Gasteiger partial charge is 0.496 e. The Morgan fingerprint density at radius 1 is 0.862 bits per heavy atom. The maximum absolute atomic E-state index is 5.97. The summed E-state index contributed by atoms with van der Waals surface area (Å²) in [6, 6.07) is 15.7. The first-order chi connectivity index (χ1) is 13.6. The van der Waals surface area contributed by atoms with Gasteiger partial charge >= 0.3 is 0 Å². The first-order valence-electron chi connectivity index (χ1n) is 9.46. The molecule has 0 aliphatic rings. The number of ether oxygens (including phenoxy) is 3. The van der Waals surface area contributed by atoms with E-state index in [4.69, 9.17) is 14.2 Å². The van der Waals surface area contributed by atoms with Crippen LogP contribution in [0.25, 0.3) is 0 Å². The molecule has 2 aromatic carbocycles. The van der Waals surface area contributed by atoms with Gasteiger partial charge in [0.15, 0.2) is 17.5 Å². The molecule has 6 nitrogen and oxygen atoms in total. The normalized spacial score (nSPS) is 12.9. The number of hydrogen-bond donors (Lipinski definition) is 2. The molecular formula is C22H32IN3O3. The van der Waals surface area contributed by atoms with Crippen LogP contribution in [0.15, 0.2) is 53.5 Å². The van der Waals surface area contributed by atoms with Gasteiger partial charge in [-0.3, -0.25) is 4.99 Å². The van der Waals surface area contributed by atoms with Crippen molar-refractivity contribution in [1.29, 1.82) is 0 Å². The molecule has 0 bridgehead atoms. The molecule has 0 amide bonds. The maximum Gasteiger partial charge on any atom is 0.191 e. The van der Waals surface area contributed by atoms with Gasteiger partial charge in [0.2, 0.25) is 0 Å². The van der Waals surface area contributed by atoms with E-state index >= 15 is 0 Å². The molecule has 0 spiro atoms. The van der Waals surface area contributed by atoms with E-state index in [0.717, 1.165) is 29.8 Å². The van der Waals surface area contributed by atoms with Gasteiger partial charge in [0, 0.05) is 19.5 Å². The first kappa shape index (κ1) is 24.9. The third kappa shape index (κ3) is 7.64. The number of nitrogens with zero attached hydrogens (tertiary/aromatic N) is 1. The standard InChI is InChI=1S/C22H31N3O3.HI/c1-16(18-10-6-7-11-19(18)26-4)14-24-22(23-3)25-15-17(2)28-21-13-9-8-12-20(21)27-5;/h6-13,16-17H,14-15H2,1-5H3,(H2,23,24,25);1H. The highest BCUT2D eigenvalue weighted by molar-refractivity contribution is 14.0. The van der Waals surface area contributed by atoms with Gasteiger partial charge in [-0.25, -0.2) is 0 Å². The maximum atomic E-state index is 5.97. The lowest BCUT2D eigenvalue weighted by molar-refractivity contribution is 0.213. The Balaban J connectivity index is 0.00000420. The second-order valence-electron chi connectivity index (χ2n) is 6.56. The minimum absolute atomic E-state index is 0. The van der Waals surface area contributed by atoms with Gasteiger partial charge in [-0.05, 0) is 30.7 Å². The highest BCUT2D eigenvalue weighted by atomic mass is 127. The van der Waals surface area contributed by atoms with Crippen LogP contribution < -0.4 is 24.8 Å². The van der Waals surface area contributed by atoms with Crippen molar-refractivity contribution in [2.45, 2.75) is 25.9 Å². The molecule has 0 radical (unpaired) electrons. The first-order valence-corrected chi connectivity index (χ1v) is 9.46. The molecule has 0 saturated heterocycles. The zero-order chi connectivity index (χ0) is 20.4. The number of methoxy groups -OCH3 is 2. The fraction of sp³-hybridized carbons (Fsp3) is 0.409. The van der Waals surface area contributed by atoms with E-state index in [1.54, 1.807) is 21.3 Å². The predicted molar refractivity (Wildman–Crippen MR) is 129 cm³/mol. The van der Waals surface area contributed by atoms with Gasteiger partial charge in [-0.15, -0.1) is 24.0 Å². The summed E-state index contributed by atoms with van der Waals surface area (Å²) < 4.78 is 16.8. The molecule has 2 aromatic rings. The zero-order valence-electron chi connectivity index (χ0n) is 17.8. The Morgan fingerprint density at radius 2 is 1.41 bits per heavy atom. The molecule has 0 aromatic heterocycles. The second kappa shape index (κ2) is 13.1. The summed E-state index contributed by atoms with van der Waals surface area (Å²) in [4.78, 5) is 4.29. The summed E-state index contributed by atoms with van der Waals surface area (Å²) in [7, 11) is 5.09. The molecule has 0 heterocycles. The minimum atomic E-state index is -0.0542. The summed E-state index contributed by atoms with van der Waals surface area (Å²) in [5, 5.41) is 6.67. The van der Waals surface area contributed by atoms with Crippen LogP contribution in [0.3, 0.4) is 0 Å². The Bertz CT molecular complexity index is 770. The fourth-order valence-electron chi connectivity index (χ4n) is 2.87. The van der Waals surface area contributed by atoms with E-state index < -0.39 is 0 Å². The second-order valence-corrected chi connectivity index (χ2v) is 6.56. The minimum Gasteiger partial charge on any atom is -0.496 e. The van der Waals surface area contributed by atoms with Crippen LogP contribution in [0.2, 0.25) is 0 Å². The van der Waals surface area contributed by atoms with Crippen molar-refractivity contribution in [2.75, 3.05) is 34.4 Å². The van der Waals surface area contributed by atoms with E-state index in [9.17, 15) is 0 Å². The van der Waals surface area contributed by atoms with Gasteiger partial charge in [0.05, 0.1) is 20.8 Å². The van der Waals surface area contributed by atoms with Crippen molar-refractivity contribution in [3.05, 3.63) is 54.1 Å². The summed E-state index contributed by atoms with van der Waals surface area (Å²) in [6.07, 6.45) is -0.0542. The number of rotatable bonds is 9. The lowest BCUT2D eigenvalue weighted by atomic mass is 10.0. The van der Waals surface area contributed by atoms with Crippen molar-refractivity contribution in [3.63, 3.8) is 0 Å². The molecule has 160 valence electrons. The molecule has 0 aliphatic heterocycles. The van der Waals surface area contributed by atoms with Crippen LogP contribution in [-0.4, -0.2) is 46.4 Å². The van der Waals surface area contributed by atoms with Gasteiger partial charge < -0.3 is 24.8 Å². The van der Waals surface area contributed by atoms with E-state index in [-0.39, 0.29) is 36.0 Å². The van der Waals surface area contributed by atoms with Crippen molar-refractivity contribution in [3.8, 4) is 17.2 Å². The molecule has 2 rings (SSSR count).